The predicted molar refractivity (Wildman–Crippen MR) is 113 cm³/mol. The maximum absolute atomic E-state index is 12.9. The Morgan fingerprint density at radius 2 is 1.97 bits per heavy atom. The van der Waals surface area contributed by atoms with Gasteiger partial charge in [-0.3, -0.25) is 9.59 Å². The van der Waals surface area contributed by atoms with E-state index in [2.05, 4.69) is 15.6 Å². The normalized spacial score (nSPS) is 18.2. The minimum atomic E-state index is -0.522. The Labute approximate surface area is 168 Å². The van der Waals surface area contributed by atoms with Gasteiger partial charge < -0.3 is 20.4 Å². The molecule has 2 amide bonds. The van der Waals surface area contributed by atoms with Crippen molar-refractivity contribution in [3.63, 3.8) is 0 Å². The number of anilines is 2. The van der Waals surface area contributed by atoms with Gasteiger partial charge in [-0.1, -0.05) is 6.42 Å². The highest BCUT2D eigenvalue weighted by molar-refractivity contribution is 6.07. The molecule has 2 heterocycles. The molecule has 1 aromatic heterocycles. The molecule has 5 rings (SSSR count). The topological polar surface area (TPSA) is 83.2 Å². The van der Waals surface area contributed by atoms with E-state index in [9.17, 15) is 9.59 Å². The van der Waals surface area contributed by atoms with Gasteiger partial charge in [-0.15, -0.1) is 0 Å². The van der Waals surface area contributed by atoms with Crippen molar-refractivity contribution in [3.05, 3.63) is 53.2 Å². The summed E-state index contributed by atoms with van der Waals surface area (Å²) in [5.74, 6) is 0.234. The molecule has 148 valence electrons. The first-order chi connectivity index (χ1) is 14.1. The fraction of sp³-hybridized carbons (Fsp3) is 0.304. The van der Waals surface area contributed by atoms with Crippen LogP contribution in [0, 0.1) is 0 Å². The van der Waals surface area contributed by atoms with Gasteiger partial charge >= 0.3 is 0 Å². The van der Waals surface area contributed by atoms with Crippen molar-refractivity contribution in [1.82, 2.24) is 4.98 Å². The standard InChI is InChI=1S/C23H23N3O3/c1-13-22(27)26-20-12-15(8-10-21(20)29-13)24-23(28)14-7-9-19-17(11-14)16-5-3-2-4-6-18(16)25-19/h7-13,25H,2-6H2,1H3,(H,24,28)(H,26,27). The third-order valence-corrected chi connectivity index (χ3v) is 5.78. The monoisotopic (exact) mass is 389 g/mol. The van der Waals surface area contributed by atoms with Crippen LogP contribution in [0.1, 0.15) is 47.8 Å². The number of ether oxygens (including phenoxy) is 1. The van der Waals surface area contributed by atoms with Crippen molar-refractivity contribution in [1.29, 1.82) is 0 Å². The third kappa shape index (κ3) is 3.24. The summed E-state index contributed by atoms with van der Waals surface area (Å²) in [5, 5.41) is 6.88. The second-order valence-corrected chi connectivity index (χ2v) is 7.82. The van der Waals surface area contributed by atoms with Crippen molar-refractivity contribution >= 4 is 34.1 Å². The molecule has 0 spiro atoms. The first kappa shape index (κ1) is 17.8. The van der Waals surface area contributed by atoms with Gasteiger partial charge in [0.25, 0.3) is 11.8 Å². The van der Waals surface area contributed by atoms with Crippen LogP contribution in [-0.2, 0) is 17.6 Å². The number of fused-ring (bicyclic) bond motifs is 4. The van der Waals surface area contributed by atoms with E-state index in [0.29, 0.717) is 22.7 Å². The van der Waals surface area contributed by atoms with Crippen LogP contribution in [0.4, 0.5) is 11.4 Å². The molecule has 0 fully saturated rings. The number of nitrogens with one attached hydrogen (secondary N) is 3. The molecule has 0 bridgehead atoms. The van der Waals surface area contributed by atoms with Gasteiger partial charge in [-0.05, 0) is 74.6 Å². The molecule has 1 aliphatic heterocycles. The summed E-state index contributed by atoms with van der Waals surface area (Å²) < 4.78 is 5.56. The zero-order valence-corrected chi connectivity index (χ0v) is 16.3. The number of aryl methyl sites for hydroxylation is 2. The van der Waals surface area contributed by atoms with Gasteiger partial charge in [-0.2, -0.15) is 0 Å². The second kappa shape index (κ2) is 6.95. The summed E-state index contributed by atoms with van der Waals surface area (Å²) in [6.45, 7) is 1.70. The largest absolute Gasteiger partial charge is 0.479 e. The maximum atomic E-state index is 12.9. The lowest BCUT2D eigenvalue weighted by atomic mass is 10.0. The van der Waals surface area contributed by atoms with E-state index in [1.165, 1.54) is 30.5 Å². The van der Waals surface area contributed by atoms with E-state index in [1.807, 2.05) is 18.2 Å². The van der Waals surface area contributed by atoms with Crippen LogP contribution in [0.15, 0.2) is 36.4 Å². The summed E-state index contributed by atoms with van der Waals surface area (Å²) in [6.07, 6.45) is 5.27. The van der Waals surface area contributed by atoms with Crippen LogP contribution < -0.4 is 15.4 Å². The van der Waals surface area contributed by atoms with Crippen molar-refractivity contribution in [2.75, 3.05) is 10.6 Å². The molecule has 0 saturated heterocycles. The highest BCUT2D eigenvalue weighted by Crippen LogP contribution is 2.33. The van der Waals surface area contributed by atoms with Crippen molar-refractivity contribution in [2.24, 2.45) is 0 Å². The Morgan fingerprint density at radius 1 is 1.10 bits per heavy atom. The number of amides is 2. The number of hydrogen-bond donors (Lipinski definition) is 3. The third-order valence-electron chi connectivity index (χ3n) is 5.78. The minimum absolute atomic E-state index is 0.174. The van der Waals surface area contributed by atoms with Gasteiger partial charge in [-0.25, -0.2) is 0 Å². The molecule has 1 unspecified atom stereocenters. The fourth-order valence-electron chi connectivity index (χ4n) is 4.21. The van der Waals surface area contributed by atoms with Crippen LogP contribution in [0.25, 0.3) is 10.9 Å². The van der Waals surface area contributed by atoms with Crippen LogP contribution in [0.2, 0.25) is 0 Å². The van der Waals surface area contributed by atoms with Crippen molar-refractivity contribution < 1.29 is 14.3 Å². The molecule has 0 radical (unpaired) electrons. The molecule has 2 aromatic carbocycles. The Bertz CT molecular complexity index is 1130. The zero-order chi connectivity index (χ0) is 20.0. The molecule has 1 aliphatic carbocycles. The van der Waals surface area contributed by atoms with E-state index >= 15 is 0 Å². The molecule has 6 nitrogen and oxygen atoms in total. The van der Waals surface area contributed by atoms with Crippen molar-refractivity contribution in [3.8, 4) is 5.75 Å². The molecule has 3 N–H and O–H groups in total. The van der Waals surface area contributed by atoms with E-state index < -0.39 is 6.10 Å². The van der Waals surface area contributed by atoms with Gasteiger partial charge in [0, 0.05) is 27.8 Å². The highest BCUT2D eigenvalue weighted by Gasteiger charge is 2.24. The van der Waals surface area contributed by atoms with Crippen LogP contribution in [0.5, 0.6) is 5.75 Å². The smallest absolute Gasteiger partial charge is 0.265 e. The number of aromatic nitrogens is 1. The zero-order valence-electron chi connectivity index (χ0n) is 16.3. The number of carbonyl (C=O) groups excluding carboxylic acids is 2. The summed E-state index contributed by atoms with van der Waals surface area (Å²) >= 11 is 0. The van der Waals surface area contributed by atoms with Crippen LogP contribution in [-0.4, -0.2) is 22.9 Å². The van der Waals surface area contributed by atoms with Gasteiger partial charge in [0.2, 0.25) is 0 Å². The molecule has 3 aromatic rings. The lowest BCUT2D eigenvalue weighted by molar-refractivity contribution is -0.122. The number of carbonyl (C=O) groups is 2. The number of hydrogen-bond acceptors (Lipinski definition) is 3. The quantitative estimate of drug-likeness (QED) is 0.568. The van der Waals surface area contributed by atoms with E-state index in [0.717, 1.165) is 23.7 Å². The Hall–Kier alpha value is -3.28. The van der Waals surface area contributed by atoms with E-state index in [1.54, 1.807) is 25.1 Å². The average molecular weight is 389 g/mol. The molecule has 0 saturated carbocycles. The lowest BCUT2D eigenvalue weighted by Crippen LogP contribution is -2.34. The minimum Gasteiger partial charge on any atom is -0.479 e. The SMILES string of the molecule is CC1Oc2ccc(NC(=O)c3ccc4[nH]c5c(c4c3)CCCCC5)cc2NC1=O. The Kier molecular flexibility index (Phi) is 4.27. The lowest BCUT2D eigenvalue weighted by Gasteiger charge is -2.23. The van der Waals surface area contributed by atoms with E-state index in [-0.39, 0.29) is 11.8 Å². The molecular formula is C23H23N3O3. The average Bonchev–Trinajstić information content (AvgIpc) is 2.89. The van der Waals surface area contributed by atoms with Gasteiger partial charge in [0.15, 0.2) is 6.10 Å². The number of H-pyrrole nitrogens is 1. The first-order valence-electron chi connectivity index (χ1n) is 10.1. The van der Waals surface area contributed by atoms with Crippen LogP contribution >= 0.6 is 0 Å². The molecule has 1 atom stereocenters. The summed E-state index contributed by atoms with van der Waals surface area (Å²) in [4.78, 5) is 28.2. The maximum Gasteiger partial charge on any atom is 0.265 e. The molecule has 2 aliphatic rings. The molecule has 29 heavy (non-hydrogen) atoms. The fourth-order valence-corrected chi connectivity index (χ4v) is 4.21. The van der Waals surface area contributed by atoms with Crippen molar-refractivity contribution in [2.45, 2.75) is 45.1 Å². The first-order valence-corrected chi connectivity index (χ1v) is 10.1. The number of rotatable bonds is 2. The highest BCUT2D eigenvalue weighted by atomic mass is 16.5. The van der Waals surface area contributed by atoms with E-state index in [4.69, 9.17) is 4.74 Å². The molecule has 6 heteroatoms. The predicted octanol–water partition coefficient (Wildman–Crippen LogP) is 4.41. The summed E-state index contributed by atoms with van der Waals surface area (Å²) in [7, 11) is 0. The number of benzene rings is 2. The van der Waals surface area contributed by atoms with Gasteiger partial charge in [0.05, 0.1) is 5.69 Å². The summed E-state index contributed by atoms with van der Waals surface area (Å²) in [5.41, 5.74) is 5.56. The second-order valence-electron chi connectivity index (χ2n) is 7.82. The Balaban J connectivity index is 1.41. The Morgan fingerprint density at radius 3 is 2.86 bits per heavy atom. The number of aromatic amines is 1. The van der Waals surface area contributed by atoms with Crippen LogP contribution in [0.3, 0.4) is 0 Å². The summed E-state index contributed by atoms with van der Waals surface area (Å²) in [6, 6.07) is 11.1. The molecular weight excluding hydrogens is 366 g/mol. The van der Waals surface area contributed by atoms with Gasteiger partial charge in [0.1, 0.15) is 5.75 Å².